The van der Waals surface area contributed by atoms with E-state index in [0.717, 1.165) is 27.4 Å². The molecule has 0 atom stereocenters. The quantitative estimate of drug-likeness (QED) is 0.599. The van der Waals surface area contributed by atoms with E-state index in [4.69, 9.17) is 5.14 Å². The van der Waals surface area contributed by atoms with Crippen molar-refractivity contribution in [3.8, 4) is 0 Å². The molecule has 0 saturated carbocycles. The molecule has 0 aliphatic carbocycles. The van der Waals surface area contributed by atoms with Gasteiger partial charge >= 0.3 is 0 Å². The van der Waals surface area contributed by atoms with Gasteiger partial charge in [0.2, 0.25) is 5.91 Å². The Labute approximate surface area is 133 Å². The third-order valence-corrected chi connectivity index (χ3v) is 4.14. The standard InChI is InChI=1S/C17H17N3OS/c18-22-15-7-2-1-4-12(15)8-9-13-5-3-6-14-17(13)19-11-10-16(21)20-14/h1-9,19H,10-11,18H2,(H,20,21)/b9-8+. The van der Waals surface area contributed by atoms with Gasteiger partial charge in [-0.05, 0) is 35.2 Å². The van der Waals surface area contributed by atoms with Crippen molar-refractivity contribution in [2.45, 2.75) is 11.3 Å². The highest BCUT2D eigenvalue weighted by molar-refractivity contribution is 7.97. The van der Waals surface area contributed by atoms with Gasteiger partial charge < -0.3 is 10.6 Å². The van der Waals surface area contributed by atoms with E-state index < -0.39 is 0 Å². The number of nitrogens with two attached hydrogens (primary N) is 1. The van der Waals surface area contributed by atoms with Gasteiger partial charge in [-0.1, -0.05) is 42.5 Å². The molecule has 2 aromatic rings. The van der Waals surface area contributed by atoms with Crippen LogP contribution in [-0.4, -0.2) is 12.5 Å². The number of carbonyl (C=O) groups excluding carboxylic acids is 1. The molecule has 0 saturated heterocycles. The van der Waals surface area contributed by atoms with E-state index in [9.17, 15) is 4.79 Å². The summed E-state index contributed by atoms with van der Waals surface area (Å²) in [5, 5.41) is 11.9. The van der Waals surface area contributed by atoms with Crippen LogP contribution in [0.4, 0.5) is 11.4 Å². The largest absolute Gasteiger partial charge is 0.382 e. The first kappa shape index (κ1) is 14.7. The molecule has 0 bridgehead atoms. The Bertz CT molecular complexity index is 728. The van der Waals surface area contributed by atoms with Gasteiger partial charge in [0, 0.05) is 17.9 Å². The van der Waals surface area contributed by atoms with Crippen molar-refractivity contribution < 1.29 is 4.79 Å². The molecule has 1 aliphatic rings. The number of fused-ring (bicyclic) bond motifs is 1. The van der Waals surface area contributed by atoms with E-state index in [-0.39, 0.29) is 5.91 Å². The number of benzene rings is 2. The summed E-state index contributed by atoms with van der Waals surface area (Å²) in [4.78, 5) is 12.7. The molecule has 4 N–H and O–H groups in total. The summed E-state index contributed by atoms with van der Waals surface area (Å²) < 4.78 is 0. The minimum atomic E-state index is 0.0391. The van der Waals surface area contributed by atoms with Crippen molar-refractivity contribution in [2.24, 2.45) is 5.14 Å². The number of carbonyl (C=O) groups is 1. The second-order valence-electron chi connectivity index (χ2n) is 4.98. The zero-order chi connectivity index (χ0) is 15.4. The maximum Gasteiger partial charge on any atom is 0.226 e. The van der Waals surface area contributed by atoms with Crippen LogP contribution in [0.2, 0.25) is 0 Å². The van der Waals surface area contributed by atoms with Crippen molar-refractivity contribution in [1.29, 1.82) is 0 Å². The van der Waals surface area contributed by atoms with Crippen molar-refractivity contribution in [3.05, 3.63) is 53.6 Å². The fourth-order valence-electron chi connectivity index (χ4n) is 2.43. The number of nitrogens with one attached hydrogen (secondary N) is 2. The minimum absolute atomic E-state index is 0.0391. The third-order valence-electron chi connectivity index (χ3n) is 3.51. The smallest absolute Gasteiger partial charge is 0.226 e. The minimum Gasteiger partial charge on any atom is -0.382 e. The summed E-state index contributed by atoms with van der Waals surface area (Å²) in [6, 6.07) is 13.9. The first-order valence-electron chi connectivity index (χ1n) is 7.08. The van der Waals surface area contributed by atoms with Gasteiger partial charge in [0.05, 0.1) is 11.4 Å². The lowest BCUT2D eigenvalue weighted by molar-refractivity contribution is -0.115. The van der Waals surface area contributed by atoms with Crippen LogP contribution in [0.25, 0.3) is 12.2 Å². The van der Waals surface area contributed by atoms with Crippen LogP contribution in [0, 0.1) is 0 Å². The van der Waals surface area contributed by atoms with Gasteiger partial charge in [-0.2, -0.15) is 0 Å². The Morgan fingerprint density at radius 1 is 1.05 bits per heavy atom. The SMILES string of the molecule is NSc1ccccc1/C=C/c1cccc2c1NCCC(=O)N2. The molecular weight excluding hydrogens is 294 g/mol. The second kappa shape index (κ2) is 6.68. The van der Waals surface area contributed by atoms with Crippen LogP contribution in [0.5, 0.6) is 0 Å². The van der Waals surface area contributed by atoms with E-state index >= 15 is 0 Å². The van der Waals surface area contributed by atoms with E-state index in [1.165, 1.54) is 11.9 Å². The van der Waals surface area contributed by atoms with E-state index in [0.29, 0.717) is 13.0 Å². The lowest BCUT2D eigenvalue weighted by Crippen LogP contribution is -2.10. The van der Waals surface area contributed by atoms with Gasteiger partial charge in [-0.25, -0.2) is 0 Å². The van der Waals surface area contributed by atoms with Crippen LogP contribution < -0.4 is 15.8 Å². The molecule has 22 heavy (non-hydrogen) atoms. The number of amides is 1. The van der Waals surface area contributed by atoms with E-state index in [1.807, 2.05) is 54.6 Å². The Morgan fingerprint density at radius 2 is 1.82 bits per heavy atom. The predicted octanol–water partition coefficient (Wildman–Crippen LogP) is 3.58. The van der Waals surface area contributed by atoms with E-state index in [1.54, 1.807) is 0 Å². The first-order valence-corrected chi connectivity index (χ1v) is 7.96. The molecule has 0 unspecified atom stereocenters. The van der Waals surface area contributed by atoms with Gasteiger partial charge in [0.25, 0.3) is 0 Å². The average molecular weight is 311 g/mol. The number of rotatable bonds is 3. The summed E-state index contributed by atoms with van der Waals surface area (Å²) in [7, 11) is 0. The Balaban J connectivity index is 1.94. The monoisotopic (exact) mass is 311 g/mol. The zero-order valence-electron chi connectivity index (χ0n) is 12.0. The van der Waals surface area contributed by atoms with Gasteiger partial charge in [-0.3, -0.25) is 9.93 Å². The Kier molecular flexibility index (Phi) is 4.46. The number of hydrogen-bond acceptors (Lipinski definition) is 4. The summed E-state index contributed by atoms with van der Waals surface area (Å²) >= 11 is 1.24. The molecule has 1 amide bonds. The highest BCUT2D eigenvalue weighted by atomic mass is 32.2. The first-order chi connectivity index (χ1) is 10.8. The van der Waals surface area contributed by atoms with Crippen LogP contribution in [-0.2, 0) is 4.79 Å². The Hall–Kier alpha value is -2.24. The average Bonchev–Trinajstić information content (AvgIpc) is 2.74. The molecule has 0 spiro atoms. The molecule has 0 aromatic heterocycles. The number of hydrogen-bond donors (Lipinski definition) is 3. The summed E-state index contributed by atoms with van der Waals surface area (Å²) in [5.74, 6) is 0.0391. The van der Waals surface area contributed by atoms with Gasteiger partial charge in [0.15, 0.2) is 0 Å². The highest BCUT2D eigenvalue weighted by Crippen LogP contribution is 2.30. The zero-order valence-corrected chi connectivity index (χ0v) is 12.8. The summed E-state index contributed by atoms with van der Waals surface area (Å²) in [6.45, 7) is 0.638. The molecule has 0 fully saturated rings. The molecule has 1 heterocycles. The molecular formula is C17H17N3OS. The molecule has 0 radical (unpaired) electrons. The topological polar surface area (TPSA) is 67.1 Å². The van der Waals surface area contributed by atoms with Crippen molar-refractivity contribution in [2.75, 3.05) is 17.2 Å². The number of para-hydroxylation sites is 1. The molecule has 2 aromatic carbocycles. The van der Waals surface area contributed by atoms with Crippen molar-refractivity contribution >= 4 is 41.4 Å². The summed E-state index contributed by atoms with van der Waals surface area (Å²) in [6.07, 6.45) is 4.56. The second-order valence-corrected chi connectivity index (χ2v) is 5.66. The lowest BCUT2D eigenvalue weighted by atomic mass is 10.1. The van der Waals surface area contributed by atoms with Crippen LogP contribution in [0.3, 0.4) is 0 Å². The normalized spacial score (nSPS) is 14.1. The number of anilines is 2. The van der Waals surface area contributed by atoms with Gasteiger partial charge in [-0.15, -0.1) is 0 Å². The van der Waals surface area contributed by atoms with Gasteiger partial charge in [0.1, 0.15) is 0 Å². The highest BCUT2D eigenvalue weighted by Gasteiger charge is 2.13. The van der Waals surface area contributed by atoms with Crippen LogP contribution in [0.1, 0.15) is 17.5 Å². The molecule has 3 rings (SSSR count). The predicted molar refractivity (Wildman–Crippen MR) is 93.6 cm³/mol. The van der Waals surface area contributed by atoms with E-state index in [2.05, 4.69) is 10.6 Å². The van der Waals surface area contributed by atoms with Crippen LogP contribution >= 0.6 is 11.9 Å². The fourth-order valence-corrected chi connectivity index (χ4v) is 2.86. The molecule has 112 valence electrons. The maximum absolute atomic E-state index is 11.6. The van der Waals surface area contributed by atoms with Crippen molar-refractivity contribution in [3.63, 3.8) is 0 Å². The summed E-state index contributed by atoms with van der Waals surface area (Å²) in [5.41, 5.74) is 3.90. The maximum atomic E-state index is 11.6. The lowest BCUT2D eigenvalue weighted by Gasteiger charge is -2.11. The van der Waals surface area contributed by atoms with Crippen LogP contribution in [0.15, 0.2) is 47.4 Å². The Morgan fingerprint density at radius 3 is 2.68 bits per heavy atom. The molecule has 5 heteroatoms. The molecule has 4 nitrogen and oxygen atoms in total. The molecule has 1 aliphatic heterocycles. The fraction of sp³-hybridized carbons (Fsp3) is 0.118. The third kappa shape index (κ3) is 3.16. The van der Waals surface area contributed by atoms with Crippen molar-refractivity contribution in [1.82, 2.24) is 0 Å².